The van der Waals surface area contributed by atoms with Crippen molar-refractivity contribution in [1.29, 1.82) is 0 Å². The highest BCUT2D eigenvalue weighted by Gasteiger charge is 2.13. The Kier molecular flexibility index (Phi) is 4.24. The SMILES string of the molecule is CC(C)C(=O)CCCCc1ccc2c(c1)OCO2. The van der Waals surface area contributed by atoms with Crippen molar-refractivity contribution in [3.63, 3.8) is 0 Å². The fourth-order valence-corrected chi connectivity index (χ4v) is 2.01. The van der Waals surface area contributed by atoms with E-state index in [1.165, 1.54) is 5.56 Å². The summed E-state index contributed by atoms with van der Waals surface area (Å²) in [6.45, 7) is 4.24. The van der Waals surface area contributed by atoms with Gasteiger partial charge in [-0.2, -0.15) is 0 Å². The smallest absolute Gasteiger partial charge is 0.231 e. The lowest BCUT2D eigenvalue weighted by Crippen LogP contribution is -2.06. The molecule has 1 aromatic rings. The van der Waals surface area contributed by atoms with Crippen LogP contribution in [0, 0.1) is 5.92 Å². The third-order valence-corrected chi connectivity index (χ3v) is 3.22. The average molecular weight is 248 g/mol. The Bertz CT molecular complexity index is 424. The van der Waals surface area contributed by atoms with E-state index in [1.807, 2.05) is 26.0 Å². The van der Waals surface area contributed by atoms with Gasteiger partial charge in [-0.1, -0.05) is 19.9 Å². The highest BCUT2D eigenvalue weighted by molar-refractivity contribution is 5.80. The first-order chi connectivity index (χ1) is 8.66. The Morgan fingerprint density at radius 1 is 1.22 bits per heavy atom. The minimum atomic E-state index is 0.163. The molecule has 18 heavy (non-hydrogen) atoms. The van der Waals surface area contributed by atoms with Crippen molar-refractivity contribution in [2.45, 2.75) is 39.5 Å². The molecule has 1 aromatic carbocycles. The molecular weight excluding hydrogens is 228 g/mol. The van der Waals surface area contributed by atoms with Crippen LogP contribution in [0.2, 0.25) is 0 Å². The number of ketones is 1. The van der Waals surface area contributed by atoms with Crippen molar-refractivity contribution < 1.29 is 14.3 Å². The molecule has 0 N–H and O–H groups in total. The van der Waals surface area contributed by atoms with Crippen LogP contribution in [0.5, 0.6) is 11.5 Å². The fraction of sp³-hybridized carbons (Fsp3) is 0.533. The lowest BCUT2D eigenvalue weighted by molar-refractivity contribution is -0.122. The fourth-order valence-electron chi connectivity index (χ4n) is 2.01. The van der Waals surface area contributed by atoms with Gasteiger partial charge in [0.05, 0.1) is 0 Å². The number of carbonyl (C=O) groups is 1. The molecule has 0 bridgehead atoms. The maximum Gasteiger partial charge on any atom is 0.231 e. The van der Waals surface area contributed by atoms with Gasteiger partial charge in [-0.25, -0.2) is 0 Å². The molecule has 0 aliphatic carbocycles. The topological polar surface area (TPSA) is 35.5 Å². The molecule has 2 rings (SSSR count). The summed E-state index contributed by atoms with van der Waals surface area (Å²) in [5.74, 6) is 2.19. The Hall–Kier alpha value is -1.51. The number of hydrogen-bond acceptors (Lipinski definition) is 3. The molecule has 98 valence electrons. The Morgan fingerprint density at radius 3 is 2.78 bits per heavy atom. The van der Waals surface area contributed by atoms with Crippen LogP contribution in [0.15, 0.2) is 18.2 Å². The lowest BCUT2D eigenvalue weighted by Gasteiger charge is -2.05. The van der Waals surface area contributed by atoms with Gasteiger partial charge in [-0.15, -0.1) is 0 Å². The van der Waals surface area contributed by atoms with Crippen LogP contribution in [-0.4, -0.2) is 12.6 Å². The molecule has 1 aliphatic heterocycles. The monoisotopic (exact) mass is 248 g/mol. The molecule has 0 aromatic heterocycles. The summed E-state index contributed by atoms with van der Waals surface area (Å²) < 4.78 is 10.6. The standard InChI is InChI=1S/C15H20O3/c1-11(2)13(16)6-4-3-5-12-7-8-14-15(9-12)18-10-17-14/h7-9,11H,3-6,10H2,1-2H3. The van der Waals surface area contributed by atoms with Crippen LogP contribution >= 0.6 is 0 Å². The van der Waals surface area contributed by atoms with Crippen LogP contribution in [0.3, 0.4) is 0 Å². The number of Topliss-reactive ketones (excluding diaryl/α,β-unsaturated/α-hetero) is 1. The second kappa shape index (κ2) is 5.89. The third-order valence-electron chi connectivity index (χ3n) is 3.22. The summed E-state index contributed by atoms with van der Waals surface area (Å²) >= 11 is 0. The van der Waals surface area contributed by atoms with E-state index in [0.29, 0.717) is 19.0 Å². The molecule has 3 heteroatoms. The second-order valence-corrected chi connectivity index (χ2v) is 5.02. The van der Waals surface area contributed by atoms with Gasteiger partial charge in [-0.05, 0) is 37.0 Å². The van der Waals surface area contributed by atoms with Gasteiger partial charge in [0.2, 0.25) is 6.79 Å². The highest BCUT2D eigenvalue weighted by atomic mass is 16.7. The largest absolute Gasteiger partial charge is 0.454 e. The van der Waals surface area contributed by atoms with Gasteiger partial charge in [0, 0.05) is 12.3 Å². The first kappa shape index (κ1) is 12.9. The van der Waals surface area contributed by atoms with Crippen LogP contribution in [0.4, 0.5) is 0 Å². The number of hydrogen-bond donors (Lipinski definition) is 0. The normalized spacial score (nSPS) is 13.1. The Labute approximate surface area is 108 Å². The van der Waals surface area contributed by atoms with E-state index in [-0.39, 0.29) is 5.92 Å². The van der Waals surface area contributed by atoms with Gasteiger partial charge in [-0.3, -0.25) is 4.79 Å². The molecule has 3 nitrogen and oxygen atoms in total. The lowest BCUT2D eigenvalue weighted by atomic mass is 10.0. The van der Waals surface area contributed by atoms with Crippen molar-refractivity contribution in [3.05, 3.63) is 23.8 Å². The quantitative estimate of drug-likeness (QED) is 0.724. The zero-order valence-corrected chi connectivity index (χ0v) is 11.1. The highest BCUT2D eigenvalue weighted by Crippen LogP contribution is 2.32. The number of benzene rings is 1. The average Bonchev–Trinajstić information content (AvgIpc) is 2.81. The van der Waals surface area contributed by atoms with Crippen molar-refractivity contribution in [3.8, 4) is 11.5 Å². The minimum Gasteiger partial charge on any atom is -0.454 e. The van der Waals surface area contributed by atoms with Gasteiger partial charge >= 0.3 is 0 Å². The van der Waals surface area contributed by atoms with Crippen molar-refractivity contribution >= 4 is 5.78 Å². The Balaban J connectivity index is 1.75. The van der Waals surface area contributed by atoms with E-state index < -0.39 is 0 Å². The molecule has 0 saturated carbocycles. The summed E-state index contributed by atoms with van der Waals surface area (Å²) in [4.78, 5) is 11.5. The van der Waals surface area contributed by atoms with Gasteiger partial charge in [0.15, 0.2) is 11.5 Å². The maximum absolute atomic E-state index is 11.5. The predicted octanol–water partition coefficient (Wildman–Crippen LogP) is 3.35. The molecule has 0 amide bonds. The first-order valence-electron chi connectivity index (χ1n) is 6.58. The molecule has 0 radical (unpaired) electrons. The summed E-state index contributed by atoms with van der Waals surface area (Å²) in [5.41, 5.74) is 1.25. The van der Waals surface area contributed by atoms with Gasteiger partial charge in [0.1, 0.15) is 5.78 Å². The zero-order chi connectivity index (χ0) is 13.0. The molecule has 0 unspecified atom stereocenters. The van der Waals surface area contributed by atoms with Crippen LogP contribution in [0.1, 0.15) is 38.7 Å². The Morgan fingerprint density at radius 2 is 2.00 bits per heavy atom. The number of fused-ring (bicyclic) bond motifs is 1. The molecular formula is C15H20O3. The second-order valence-electron chi connectivity index (χ2n) is 5.02. The molecule has 1 heterocycles. The molecule has 0 atom stereocenters. The van der Waals surface area contributed by atoms with E-state index in [0.717, 1.165) is 30.8 Å². The predicted molar refractivity (Wildman–Crippen MR) is 70.0 cm³/mol. The van der Waals surface area contributed by atoms with E-state index in [2.05, 4.69) is 6.07 Å². The van der Waals surface area contributed by atoms with Crippen molar-refractivity contribution in [1.82, 2.24) is 0 Å². The zero-order valence-electron chi connectivity index (χ0n) is 11.1. The third kappa shape index (κ3) is 3.25. The van der Waals surface area contributed by atoms with E-state index in [9.17, 15) is 4.79 Å². The first-order valence-corrected chi connectivity index (χ1v) is 6.58. The van der Waals surface area contributed by atoms with Crippen LogP contribution in [0.25, 0.3) is 0 Å². The number of ether oxygens (including phenoxy) is 2. The summed E-state index contributed by atoms with van der Waals surface area (Å²) in [6.07, 6.45) is 3.69. The maximum atomic E-state index is 11.5. The van der Waals surface area contributed by atoms with Gasteiger partial charge in [0.25, 0.3) is 0 Å². The number of carbonyl (C=O) groups excluding carboxylic acids is 1. The number of aryl methyl sites for hydroxylation is 1. The van der Waals surface area contributed by atoms with E-state index in [1.54, 1.807) is 0 Å². The minimum absolute atomic E-state index is 0.163. The number of unbranched alkanes of at least 4 members (excludes halogenated alkanes) is 1. The van der Waals surface area contributed by atoms with Crippen LogP contribution in [-0.2, 0) is 11.2 Å². The molecule has 0 saturated heterocycles. The van der Waals surface area contributed by atoms with Crippen molar-refractivity contribution in [2.24, 2.45) is 5.92 Å². The molecule has 1 aliphatic rings. The summed E-state index contributed by atoms with van der Waals surface area (Å²) in [5, 5.41) is 0. The number of rotatable bonds is 6. The van der Waals surface area contributed by atoms with Crippen molar-refractivity contribution in [2.75, 3.05) is 6.79 Å². The van der Waals surface area contributed by atoms with E-state index >= 15 is 0 Å². The van der Waals surface area contributed by atoms with E-state index in [4.69, 9.17) is 9.47 Å². The van der Waals surface area contributed by atoms with Gasteiger partial charge < -0.3 is 9.47 Å². The molecule has 0 spiro atoms. The summed E-state index contributed by atoms with van der Waals surface area (Å²) in [6, 6.07) is 6.06. The molecule has 0 fully saturated rings. The summed E-state index contributed by atoms with van der Waals surface area (Å²) in [7, 11) is 0. The van der Waals surface area contributed by atoms with Crippen LogP contribution < -0.4 is 9.47 Å².